The molecule has 0 aliphatic rings. The van der Waals surface area contributed by atoms with Crippen molar-refractivity contribution >= 4 is 43.4 Å². The van der Waals surface area contributed by atoms with Crippen molar-refractivity contribution in [3.8, 4) is 0 Å². The standard InChI is InChI=1S/C12H9Br2FN2/c1-7-5-11(16-6-9(7)14)17-12-8(13)3-2-4-10(12)15/h2-6H,1H3,(H,16,17). The quantitative estimate of drug-likeness (QED) is 0.833. The number of nitrogens with zero attached hydrogens (tertiary/aromatic N) is 1. The van der Waals surface area contributed by atoms with E-state index in [0.29, 0.717) is 16.0 Å². The van der Waals surface area contributed by atoms with E-state index in [0.717, 1.165) is 10.0 Å². The number of rotatable bonds is 2. The molecule has 88 valence electrons. The number of hydrogen-bond acceptors (Lipinski definition) is 2. The highest BCUT2D eigenvalue weighted by Crippen LogP contribution is 2.28. The first kappa shape index (κ1) is 12.5. The Labute approximate surface area is 116 Å². The number of pyridine rings is 1. The zero-order valence-electron chi connectivity index (χ0n) is 8.97. The number of halogens is 3. The highest BCUT2D eigenvalue weighted by molar-refractivity contribution is 9.10. The summed E-state index contributed by atoms with van der Waals surface area (Å²) in [5, 5.41) is 2.95. The summed E-state index contributed by atoms with van der Waals surface area (Å²) >= 11 is 6.67. The predicted molar refractivity (Wildman–Crippen MR) is 74.1 cm³/mol. The summed E-state index contributed by atoms with van der Waals surface area (Å²) in [7, 11) is 0. The van der Waals surface area contributed by atoms with E-state index in [9.17, 15) is 4.39 Å². The van der Waals surface area contributed by atoms with Crippen LogP contribution in [-0.4, -0.2) is 4.98 Å². The molecular weight excluding hydrogens is 351 g/mol. The Kier molecular flexibility index (Phi) is 3.79. The maximum atomic E-state index is 13.6. The fourth-order valence-electron chi connectivity index (χ4n) is 1.35. The fourth-order valence-corrected chi connectivity index (χ4v) is 2.01. The topological polar surface area (TPSA) is 24.9 Å². The van der Waals surface area contributed by atoms with E-state index in [4.69, 9.17) is 0 Å². The molecule has 2 aromatic rings. The summed E-state index contributed by atoms with van der Waals surface area (Å²) < 4.78 is 15.2. The molecule has 2 nitrogen and oxygen atoms in total. The number of aryl methyl sites for hydroxylation is 1. The van der Waals surface area contributed by atoms with Crippen LogP contribution in [-0.2, 0) is 0 Å². The predicted octanol–water partition coefficient (Wildman–Crippen LogP) is 4.80. The molecule has 0 saturated carbocycles. The second-order valence-electron chi connectivity index (χ2n) is 3.54. The highest BCUT2D eigenvalue weighted by atomic mass is 79.9. The molecule has 0 spiro atoms. The maximum absolute atomic E-state index is 13.6. The maximum Gasteiger partial charge on any atom is 0.147 e. The van der Waals surface area contributed by atoms with Crippen LogP contribution in [0.5, 0.6) is 0 Å². The lowest BCUT2D eigenvalue weighted by Gasteiger charge is -2.09. The van der Waals surface area contributed by atoms with E-state index in [-0.39, 0.29) is 5.82 Å². The van der Waals surface area contributed by atoms with E-state index < -0.39 is 0 Å². The minimum Gasteiger partial charge on any atom is -0.337 e. The van der Waals surface area contributed by atoms with Gasteiger partial charge in [-0.25, -0.2) is 9.37 Å². The molecule has 0 radical (unpaired) electrons. The van der Waals surface area contributed by atoms with Crippen LogP contribution in [0.1, 0.15) is 5.56 Å². The molecular formula is C12H9Br2FN2. The summed E-state index contributed by atoms with van der Waals surface area (Å²) in [6, 6.07) is 6.67. The van der Waals surface area contributed by atoms with Crippen molar-refractivity contribution in [1.82, 2.24) is 4.98 Å². The Morgan fingerprint density at radius 2 is 2.00 bits per heavy atom. The van der Waals surface area contributed by atoms with Gasteiger partial charge in [0.2, 0.25) is 0 Å². The van der Waals surface area contributed by atoms with Crippen LogP contribution in [0.4, 0.5) is 15.9 Å². The number of benzene rings is 1. The van der Waals surface area contributed by atoms with Crippen molar-refractivity contribution in [3.05, 3.63) is 50.8 Å². The smallest absolute Gasteiger partial charge is 0.147 e. The largest absolute Gasteiger partial charge is 0.337 e. The van der Waals surface area contributed by atoms with Gasteiger partial charge in [-0.3, -0.25) is 0 Å². The van der Waals surface area contributed by atoms with E-state index in [2.05, 4.69) is 42.2 Å². The van der Waals surface area contributed by atoms with Crippen molar-refractivity contribution in [2.45, 2.75) is 6.92 Å². The molecule has 0 aliphatic carbocycles. The molecule has 1 heterocycles. The number of para-hydroxylation sites is 1. The van der Waals surface area contributed by atoms with Gasteiger partial charge in [-0.1, -0.05) is 6.07 Å². The molecule has 0 atom stereocenters. The highest BCUT2D eigenvalue weighted by Gasteiger charge is 2.07. The number of anilines is 2. The second kappa shape index (κ2) is 5.14. The Balaban J connectivity index is 2.35. The van der Waals surface area contributed by atoms with E-state index in [1.165, 1.54) is 6.07 Å². The summed E-state index contributed by atoms with van der Waals surface area (Å²) in [4.78, 5) is 4.17. The molecule has 0 amide bonds. The third-order valence-electron chi connectivity index (χ3n) is 2.26. The fraction of sp³-hybridized carbons (Fsp3) is 0.0833. The molecule has 2 rings (SSSR count). The van der Waals surface area contributed by atoms with Crippen LogP contribution >= 0.6 is 31.9 Å². The molecule has 1 aromatic heterocycles. The summed E-state index contributed by atoms with van der Waals surface area (Å²) in [6.45, 7) is 1.95. The monoisotopic (exact) mass is 358 g/mol. The van der Waals surface area contributed by atoms with E-state index in [1.54, 1.807) is 18.3 Å². The third-order valence-corrected chi connectivity index (χ3v) is 3.75. The minimum absolute atomic E-state index is 0.318. The van der Waals surface area contributed by atoms with Gasteiger partial charge in [0.25, 0.3) is 0 Å². The lowest BCUT2D eigenvalue weighted by atomic mass is 10.2. The first-order valence-electron chi connectivity index (χ1n) is 4.91. The Hall–Kier alpha value is -0.940. The van der Waals surface area contributed by atoms with Gasteiger partial charge in [-0.2, -0.15) is 0 Å². The zero-order chi connectivity index (χ0) is 12.4. The average molecular weight is 360 g/mol. The SMILES string of the molecule is Cc1cc(Nc2c(F)cccc2Br)ncc1Br. The van der Waals surface area contributed by atoms with Crippen molar-refractivity contribution in [2.24, 2.45) is 0 Å². The van der Waals surface area contributed by atoms with Gasteiger partial charge >= 0.3 is 0 Å². The average Bonchev–Trinajstić information content (AvgIpc) is 2.28. The molecule has 17 heavy (non-hydrogen) atoms. The molecule has 0 fully saturated rings. The first-order valence-corrected chi connectivity index (χ1v) is 6.49. The molecule has 0 unspecified atom stereocenters. The molecule has 0 bridgehead atoms. The van der Waals surface area contributed by atoms with Gasteiger partial charge in [0, 0.05) is 15.1 Å². The Bertz CT molecular complexity index is 538. The summed E-state index contributed by atoms with van der Waals surface area (Å²) in [5.74, 6) is 0.290. The van der Waals surface area contributed by atoms with Crippen LogP contribution in [0, 0.1) is 12.7 Å². The van der Waals surface area contributed by atoms with Crippen LogP contribution in [0.2, 0.25) is 0 Å². The molecule has 1 N–H and O–H groups in total. The Morgan fingerprint density at radius 1 is 1.24 bits per heavy atom. The van der Waals surface area contributed by atoms with Gasteiger partial charge in [0.1, 0.15) is 11.6 Å². The molecule has 0 saturated heterocycles. The van der Waals surface area contributed by atoms with Gasteiger partial charge < -0.3 is 5.32 Å². The third kappa shape index (κ3) is 2.84. The minimum atomic E-state index is -0.318. The van der Waals surface area contributed by atoms with Gasteiger partial charge in [0.05, 0.1) is 5.69 Å². The number of aromatic nitrogens is 1. The summed E-state index contributed by atoms with van der Waals surface area (Å²) in [5.41, 5.74) is 1.43. The number of hydrogen-bond donors (Lipinski definition) is 1. The van der Waals surface area contributed by atoms with Gasteiger partial charge in [-0.05, 0) is 62.5 Å². The van der Waals surface area contributed by atoms with Crippen LogP contribution < -0.4 is 5.32 Å². The van der Waals surface area contributed by atoms with Gasteiger partial charge in [-0.15, -0.1) is 0 Å². The second-order valence-corrected chi connectivity index (χ2v) is 5.25. The zero-order valence-corrected chi connectivity index (χ0v) is 12.1. The molecule has 1 aromatic carbocycles. The van der Waals surface area contributed by atoms with E-state index in [1.807, 2.05) is 13.0 Å². The number of nitrogens with one attached hydrogen (secondary N) is 1. The van der Waals surface area contributed by atoms with Crippen molar-refractivity contribution < 1.29 is 4.39 Å². The van der Waals surface area contributed by atoms with Crippen molar-refractivity contribution in [1.29, 1.82) is 0 Å². The summed E-state index contributed by atoms with van der Waals surface area (Å²) in [6.07, 6.45) is 1.69. The molecule has 5 heteroatoms. The lowest BCUT2D eigenvalue weighted by Crippen LogP contribution is -1.97. The van der Waals surface area contributed by atoms with Crippen LogP contribution in [0.25, 0.3) is 0 Å². The van der Waals surface area contributed by atoms with Crippen LogP contribution in [0.3, 0.4) is 0 Å². The first-order chi connectivity index (χ1) is 8.08. The van der Waals surface area contributed by atoms with Gasteiger partial charge in [0.15, 0.2) is 0 Å². The molecule has 0 aliphatic heterocycles. The Morgan fingerprint density at radius 3 is 2.65 bits per heavy atom. The van der Waals surface area contributed by atoms with E-state index >= 15 is 0 Å². The van der Waals surface area contributed by atoms with Crippen molar-refractivity contribution in [2.75, 3.05) is 5.32 Å². The lowest BCUT2D eigenvalue weighted by molar-refractivity contribution is 0.631. The van der Waals surface area contributed by atoms with Crippen molar-refractivity contribution in [3.63, 3.8) is 0 Å². The normalized spacial score (nSPS) is 10.4. The van der Waals surface area contributed by atoms with Crippen LogP contribution in [0.15, 0.2) is 39.4 Å².